The van der Waals surface area contributed by atoms with E-state index in [1.54, 1.807) is 0 Å². The molecule has 0 aliphatic heterocycles. The number of carbonyl (C=O) groups excluding carboxylic acids is 1. The van der Waals surface area contributed by atoms with Crippen LogP contribution in [0.4, 0.5) is 10.5 Å². The molecule has 6 nitrogen and oxygen atoms in total. The lowest BCUT2D eigenvalue weighted by molar-refractivity contribution is 0.251. The third kappa shape index (κ3) is 3.82. The topological polar surface area (TPSA) is 93.2 Å². The minimum Gasteiger partial charge on any atom is -0.361 e. The fourth-order valence-electron chi connectivity index (χ4n) is 1.97. The van der Waals surface area contributed by atoms with Gasteiger partial charge in [-0.05, 0) is 38.5 Å². The zero-order chi connectivity index (χ0) is 15.4. The number of carbonyl (C=O) groups is 1. The summed E-state index contributed by atoms with van der Waals surface area (Å²) in [5.41, 5.74) is 9.21. The Hall–Kier alpha value is -2.34. The molecule has 1 aromatic carbocycles. The predicted molar refractivity (Wildman–Crippen MR) is 80.9 cm³/mol. The van der Waals surface area contributed by atoms with Gasteiger partial charge in [0.1, 0.15) is 5.76 Å². The number of hydrogen-bond acceptors (Lipinski definition) is 4. The molecule has 21 heavy (non-hydrogen) atoms. The Morgan fingerprint density at radius 1 is 1.33 bits per heavy atom. The van der Waals surface area contributed by atoms with Crippen molar-refractivity contribution in [1.82, 2.24) is 10.5 Å². The molecule has 0 aliphatic rings. The van der Waals surface area contributed by atoms with Crippen molar-refractivity contribution in [2.45, 2.75) is 33.4 Å². The van der Waals surface area contributed by atoms with Crippen molar-refractivity contribution in [3.63, 3.8) is 0 Å². The smallest absolute Gasteiger partial charge is 0.319 e. The van der Waals surface area contributed by atoms with Crippen LogP contribution in [0.1, 0.15) is 35.5 Å². The maximum Gasteiger partial charge on any atom is 0.319 e. The molecule has 0 saturated carbocycles. The quantitative estimate of drug-likeness (QED) is 0.806. The average Bonchev–Trinajstić information content (AvgIpc) is 2.76. The third-order valence-electron chi connectivity index (χ3n) is 3.30. The van der Waals surface area contributed by atoms with Crippen molar-refractivity contribution < 1.29 is 9.32 Å². The van der Waals surface area contributed by atoms with Crippen LogP contribution in [0.3, 0.4) is 0 Å². The number of rotatable bonds is 4. The molecule has 0 radical (unpaired) electrons. The Morgan fingerprint density at radius 2 is 2.00 bits per heavy atom. The van der Waals surface area contributed by atoms with E-state index in [0.29, 0.717) is 12.3 Å². The molecule has 0 fully saturated rings. The number of nitrogens with one attached hydrogen (secondary N) is 2. The number of amides is 2. The Labute approximate surface area is 123 Å². The zero-order valence-electron chi connectivity index (χ0n) is 12.4. The molecule has 2 rings (SSSR count). The molecule has 4 N–H and O–H groups in total. The summed E-state index contributed by atoms with van der Waals surface area (Å²) in [6.07, 6.45) is 0. The molecule has 0 spiro atoms. The molecule has 6 heteroatoms. The number of urea groups is 1. The highest BCUT2D eigenvalue weighted by molar-refractivity contribution is 5.89. The molecule has 2 amide bonds. The highest BCUT2D eigenvalue weighted by Gasteiger charge is 2.10. The van der Waals surface area contributed by atoms with E-state index in [9.17, 15) is 4.79 Å². The largest absolute Gasteiger partial charge is 0.361 e. The van der Waals surface area contributed by atoms with Gasteiger partial charge in [0, 0.05) is 23.8 Å². The molecule has 1 aromatic heterocycles. The molecular formula is C15H20N4O2. The number of nitrogens with two attached hydrogens (primary N) is 1. The molecule has 0 saturated heterocycles. The summed E-state index contributed by atoms with van der Waals surface area (Å²) in [6, 6.07) is 7.15. The number of aryl methyl sites for hydroxylation is 2. The van der Waals surface area contributed by atoms with E-state index in [0.717, 1.165) is 22.5 Å². The Bertz CT molecular complexity index is 598. The Balaban J connectivity index is 1.90. The lowest BCUT2D eigenvalue weighted by Crippen LogP contribution is -2.28. The maximum absolute atomic E-state index is 11.9. The minimum absolute atomic E-state index is 0.0209. The highest BCUT2D eigenvalue weighted by Crippen LogP contribution is 2.14. The van der Waals surface area contributed by atoms with Gasteiger partial charge < -0.3 is 20.9 Å². The second-order valence-electron chi connectivity index (χ2n) is 5.02. The van der Waals surface area contributed by atoms with Gasteiger partial charge in [-0.15, -0.1) is 0 Å². The first-order chi connectivity index (χ1) is 9.97. The van der Waals surface area contributed by atoms with Gasteiger partial charge >= 0.3 is 6.03 Å². The van der Waals surface area contributed by atoms with Crippen LogP contribution in [0.5, 0.6) is 0 Å². The highest BCUT2D eigenvalue weighted by atomic mass is 16.5. The second-order valence-corrected chi connectivity index (χ2v) is 5.02. The van der Waals surface area contributed by atoms with Crippen LogP contribution in [0.15, 0.2) is 28.8 Å². The minimum atomic E-state index is -0.274. The molecule has 0 aliphatic carbocycles. The summed E-state index contributed by atoms with van der Waals surface area (Å²) in [5.74, 6) is 0.717. The first-order valence-electron chi connectivity index (χ1n) is 6.79. The van der Waals surface area contributed by atoms with Crippen LogP contribution in [0.25, 0.3) is 0 Å². The van der Waals surface area contributed by atoms with Gasteiger partial charge in [0.15, 0.2) is 0 Å². The predicted octanol–water partition coefficient (Wildman–Crippen LogP) is 2.63. The van der Waals surface area contributed by atoms with Crippen molar-refractivity contribution in [2.24, 2.45) is 5.73 Å². The van der Waals surface area contributed by atoms with Crippen LogP contribution in [-0.2, 0) is 6.54 Å². The van der Waals surface area contributed by atoms with Gasteiger partial charge in [-0.3, -0.25) is 0 Å². The molecule has 112 valence electrons. The second kappa shape index (κ2) is 6.41. The van der Waals surface area contributed by atoms with Crippen LogP contribution < -0.4 is 16.4 Å². The van der Waals surface area contributed by atoms with Gasteiger partial charge in [0.05, 0.1) is 5.69 Å². The Morgan fingerprint density at radius 3 is 2.52 bits per heavy atom. The number of nitrogens with zero attached hydrogens (tertiary/aromatic N) is 1. The molecule has 2 aromatic rings. The normalized spacial score (nSPS) is 12.0. The van der Waals surface area contributed by atoms with Crippen molar-refractivity contribution in [1.29, 1.82) is 0 Å². The molecule has 1 atom stereocenters. The summed E-state index contributed by atoms with van der Waals surface area (Å²) in [6.45, 7) is 5.96. The first-order valence-corrected chi connectivity index (χ1v) is 6.79. The van der Waals surface area contributed by atoms with E-state index >= 15 is 0 Å². The standard InChI is InChI=1S/C15H20N4O2/c1-9(16)12-4-6-13(7-5-12)18-15(20)17-8-14-10(2)19-21-11(14)3/h4-7,9H,8,16H2,1-3H3,(H2,17,18,20). The van der Waals surface area contributed by atoms with Gasteiger partial charge in [-0.2, -0.15) is 0 Å². The number of benzene rings is 1. The number of hydrogen-bond donors (Lipinski definition) is 3. The van der Waals surface area contributed by atoms with Crippen molar-refractivity contribution in [2.75, 3.05) is 5.32 Å². The van der Waals surface area contributed by atoms with Crippen LogP contribution in [0, 0.1) is 13.8 Å². The van der Waals surface area contributed by atoms with Gasteiger partial charge in [-0.1, -0.05) is 17.3 Å². The Kier molecular flexibility index (Phi) is 4.59. The first kappa shape index (κ1) is 15.1. The van der Waals surface area contributed by atoms with E-state index in [-0.39, 0.29) is 12.1 Å². The summed E-state index contributed by atoms with van der Waals surface area (Å²) in [5, 5.41) is 9.39. The molecule has 0 bridgehead atoms. The van der Waals surface area contributed by atoms with E-state index in [2.05, 4.69) is 15.8 Å². The summed E-state index contributed by atoms with van der Waals surface area (Å²) < 4.78 is 5.05. The summed E-state index contributed by atoms with van der Waals surface area (Å²) in [4.78, 5) is 11.9. The van der Waals surface area contributed by atoms with Crippen LogP contribution >= 0.6 is 0 Å². The fourth-order valence-corrected chi connectivity index (χ4v) is 1.97. The average molecular weight is 288 g/mol. The number of aromatic nitrogens is 1. The van der Waals surface area contributed by atoms with Crippen LogP contribution in [-0.4, -0.2) is 11.2 Å². The monoisotopic (exact) mass is 288 g/mol. The van der Waals surface area contributed by atoms with E-state index in [4.69, 9.17) is 10.3 Å². The summed E-state index contributed by atoms with van der Waals surface area (Å²) >= 11 is 0. The van der Waals surface area contributed by atoms with Crippen molar-refractivity contribution in [3.05, 3.63) is 46.8 Å². The zero-order valence-corrected chi connectivity index (χ0v) is 12.4. The molecule has 1 heterocycles. The van der Waals surface area contributed by atoms with Crippen molar-refractivity contribution >= 4 is 11.7 Å². The van der Waals surface area contributed by atoms with E-state index in [1.807, 2.05) is 45.0 Å². The van der Waals surface area contributed by atoms with Crippen LogP contribution in [0.2, 0.25) is 0 Å². The van der Waals surface area contributed by atoms with Gasteiger partial charge in [0.25, 0.3) is 0 Å². The van der Waals surface area contributed by atoms with Gasteiger partial charge in [-0.25, -0.2) is 4.79 Å². The molecule has 1 unspecified atom stereocenters. The lowest BCUT2D eigenvalue weighted by Gasteiger charge is -2.09. The maximum atomic E-state index is 11.9. The fraction of sp³-hybridized carbons (Fsp3) is 0.333. The van der Waals surface area contributed by atoms with E-state index in [1.165, 1.54) is 0 Å². The number of anilines is 1. The van der Waals surface area contributed by atoms with E-state index < -0.39 is 0 Å². The summed E-state index contributed by atoms with van der Waals surface area (Å²) in [7, 11) is 0. The van der Waals surface area contributed by atoms with Gasteiger partial charge in [0.2, 0.25) is 0 Å². The SMILES string of the molecule is Cc1noc(C)c1CNC(=O)Nc1ccc(C(C)N)cc1. The third-order valence-corrected chi connectivity index (χ3v) is 3.30. The lowest BCUT2D eigenvalue weighted by atomic mass is 10.1. The van der Waals surface area contributed by atoms with Crippen molar-refractivity contribution in [3.8, 4) is 0 Å². The molecular weight excluding hydrogens is 268 g/mol.